The van der Waals surface area contributed by atoms with Crippen LogP contribution in [0.4, 0.5) is 16.2 Å². The molecule has 0 aliphatic heterocycles. The van der Waals surface area contributed by atoms with Crippen LogP contribution in [0.1, 0.15) is 0 Å². The van der Waals surface area contributed by atoms with Gasteiger partial charge >= 0.3 is 6.09 Å². The van der Waals surface area contributed by atoms with Gasteiger partial charge in [0.1, 0.15) is 22.9 Å². The Kier molecular flexibility index (Phi) is 4.79. The molecule has 0 spiro atoms. The van der Waals surface area contributed by atoms with Crippen molar-refractivity contribution in [1.29, 1.82) is 0 Å². The van der Waals surface area contributed by atoms with Gasteiger partial charge in [0.05, 0.1) is 21.3 Å². The van der Waals surface area contributed by atoms with E-state index in [0.29, 0.717) is 4.90 Å². The number of benzene rings is 2. The third-order valence-corrected chi connectivity index (χ3v) is 3.15. The summed E-state index contributed by atoms with van der Waals surface area (Å²) in [7, 11) is 4.57. The van der Waals surface area contributed by atoms with Gasteiger partial charge in [0.15, 0.2) is 0 Å². The SMILES string of the molecule is COC(=O)[NH+](c1ccc(OC)cc1)c1ccc(OC)cc1. The molecule has 0 unspecified atom stereocenters. The first kappa shape index (κ1) is 14.9. The van der Waals surface area contributed by atoms with Crippen molar-refractivity contribution in [2.75, 3.05) is 21.3 Å². The molecular formula is C16H18NO4+. The van der Waals surface area contributed by atoms with Gasteiger partial charge in [-0.1, -0.05) is 0 Å². The first-order valence-corrected chi connectivity index (χ1v) is 6.43. The lowest BCUT2D eigenvalue weighted by atomic mass is 10.2. The topological polar surface area (TPSA) is 49.2 Å². The normalized spacial score (nSPS) is 10.3. The Morgan fingerprint density at radius 2 is 1.14 bits per heavy atom. The minimum Gasteiger partial charge on any atom is -0.497 e. The predicted molar refractivity (Wildman–Crippen MR) is 78.7 cm³/mol. The van der Waals surface area contributed by atoms with Gasteiger partial charge in [0.2, 0.25) is 0 Å². The average molecular weight is 288 g/mol. The molecule has 1 N–H and O–H groups in total. The van der Waals surface area contributed by atoms with Gasteiger partial charge < -0.3 is 14.2 Å². The summed E-state index contributed by atoms with van der Waals surface area (Å²) in [6.07, 6.45) is -0.384. The summed E-state index contributed by atoms with van der Waals surface area (Å²) in [5.74, 6) is 1.47. The van der Waals surface area contributed by atoms with Crippen LogP contribution in [0, 0.1) is 0 Å². The Morgan fingerprint density at radius 3 is 1.43 bits per heavy atom. The lowest BCUT2D eigenvalue weighted by Crippen LogP contribution is -3.05. The molecule has 0 atom stereocenters. The predicted octanol–water partition coefficient (Wildman–Crippen LogP) is 2.32. The summed E-state index contributed by atoms with van der Waals surface area (Å²) in [5.41, 5.74) is 1.54. The minimum atomic E-state index is -0.384. The molecular weight excluding hydrogens is 270 g/mol. The smallest absolute Gasteiger partial charge is 0.497 e. The maximum atomic E-state index is 12.1. The summed E-state index contributed by atoms with van der Waals surface area (Å²) >= 11 is 0. The van der Waals surface area contributed by atoms with Crippen LogP contribution in [0.3, 0.4) is 0 Å². The molecule has 2 aromatic rings. The standard InChI is InChI=1S/C16H17NO4/c1-19-14-8-4-12(5-9-14)17(16(18)21-3)13-6-10-15(20-2)11-7-13/h4-11H,1-3H3/p+1. The van der Waals surface area contributed by atoms with Crippen molar-refractivity contribution in [1.82, 2.24) is 0 Å². The molecule has 0 saturated carbocycles. The Morgan fingerprint density at radius 1 is 0.762 bits per heavy atom. The largest absolute Gasteiger partial charge is 0.524 e. The first-order chi connectivity index (χ1) is 10.2. The molecule has 0 aliphatic carbocycles. The van der Waals surface area contributed by atoms with Gasteiger partial charge in [0.25, 0.3) is 0 Å². The molecule has 0 saturated heterocycles. The van der Waals surface area contributed by atoms with Crippen molar-refractivity contribution < 1.29 is 23.9 Å². The number of methoxy groups -OCH3 is 3. The number of amides is 1. The fourth-order valence-electron chi connectivity index (χ4n) is 2.02. The van der Waals surface area contributed by atoms with Gasteiger partial charge in [-0.15, -0.1) is 0 Å². The van der Waals surface area contributed by atoms with Crippen molar-refractivity contribution in [2.24, 2.45) is 0 Å². The molecule has 0 heterocycles. The fraction of sp³-hybridized carbons (Fsp3) is 0.188. The Balaban J connectivity index is 2.38. The minimum absolute atomic E-state index is 0.384. The molecule has 0 aliphatic rings. The van der Waals surface area contributed by atoms with E-state index in [1.54, 1.807) is 14.2 Å². The number of nitrogens with one attached hydrogen (secondary N) is 1. The van der Waals surface area contributed by atoms with Crippen LogP contribution in [0.5, 0.6) is 11.5 Å². The first-order valence-electron chi connectivity index (χ1n) is 6.43. The number of hydrogen-bond acceptors (Lipinski definition) is 4. The summed E-state index contributed by atoms with van der Waals surface area (Å²) in [6.45, 7) is 0. The maximum absolute atomic E-state index is 12.1. The molecule has 5 heteroatoms. The third kappa shape index (κ3) is 3.32. The second-order valence-corrected chi connectivity index (χ2v) is 4.32. The van der Waals surface area contributed by atoms with Crippen molar-refractivity contribution in [3.05, 3.63) is 48.5 Å². The zero-order valence-electron chi connectivity index (χ0n) is 12.3. The van der Waals surface area contributed by atoms with Crippen LogP contribution in [0.25, 0.3) is 0 Å². The van der Waals surface area contributed by atoms with Crippen molar-refractivity contribution in [2.45, 2.75) is 0 Å². The molecule has 0 bridgehead atoms. The average Bonchev–Trinajstić information content (AvgIpc) is 2.56. The quantitative estimate of drug-likeness (QED) is 0.938. The van der Waals surface area contributed by atoms with Crippen molar-refractivity contribution in [3.63, 3.8) is 0 Å². The summed E-state index contributed by atoms with van der Waals surface area (Å²) < 4.78 is 15.2. The number of hydrogen-bond donors (Lipinski definition) is 1. The number of quaternary nitrogens is 1. The van der Waals surface area contributed by atoms with E-state index in [1.807, 2.05) is 48.5 Å². The molecule has 21 heavy (non-hydrogen) atoms. The maximum Gasteiger partial charge on any atom is 0.524 e. The van der Waals surface area contributed by atoms with E-state index in [9.17, 15) is 4.79 Å². The molecule has 2 aromatic carbocycles. The monoisotopic (exact) mass is 288 g/mol. The van der Waals surface area contributed by atoms with Crippen molar-refractivity contribution >= 4 is 17.5 Å². The molecule has 110 valence electrons. The number of carbonyl (C=O) groups excluding carboxylic acids is 1. The lowest BCUT2D eigenvalue weighted by molar-refractivity contribution is -0.675. The van der Waals surface area contributed by atoms with Gasteiger partial charge in [-0.3, -0.25) is 0 Å². The zero-order valence-corrected chi connectivity index (χ0v) is 12.3. The van der Waals surface area contributed by atoms with E-state index in [1.165, 1.54) is 7.11 Å². The van der Waals surface area contributed by atoms with E-state index in [4.69, 9.17) is 14.2 Å². The molecule has 2 rings (SSSR count). The highest BCUT2D eigenvalue weighted by atomic mass is 16.5. The molecule has 5 nitrogen and oxygen atoms in total. The number of rotatable bonds is 4. The Bertz CT molecular complexity index is 545. The van der Waals surface area contributed by atoms with Crippen LogP contribution in [-0.4, -0.2) is 27.4 Å². The fourth-order valence-corrected chi connectivity index (χ4v) is 2.02. The van der Waals surface area contributed by atoms with Gasteiger partial charge in [-0.05, 0) is 24.3 Å². The Labute approximate surface area is 123 Å². The molecule has 1 amide bonds. The number of carbonyl (C=O) groups is 1. The third-order valence-electron chi connectivity index (χ3n) is 3.15. The van der Waals surface area contributed by atoms with Crippen LogP contribution in [0.15, 0.2) is 48.5 Å². The molecule has 0 radical (unpaired) electrons. The summed E-state index contributed by atoms with van der Waals surface area (Å²) in [4.78, 5) is 12.6. The lowest BCUT2D eigenvalue weighted by Gasteiger charge is -2.15. The number of ether oxygens (including phenoxy) is 3. The highest BCUT2D eigenvalue weighted by Crippen LogP contribution is 2.17. The van der Waals surface area contributed by atoms with Gasteiger partial charge in [-0.2, -0.15) is 9.69 Å². The highest BCUT2D eigenvalue weighted by molar-refractivity contribution is 5.65. The van der Waals surface area contributed by atoms with E-state index < -0.39 is 0 Å². The van der Waals surface area contributed by atoms with Crippen LogP contribution >= 0.6 is 0 Å². The second-order valence-electron chi connectivity index (χ2n) is 4.32. The highest BCUT2D eigenvalue weighted by Gasteiger charge is 2.26. The Hall–Kier alpha value is -2.53. The zero-order chi connectivity index (χ0) is 15.2. The van der Waals surface area contributed by atoms with Gasteiger partial charge in [0, 0.05) is 24.3 Å². The molecule has 0 aromatic heterocycles. The van der Waals surface area contributed by atoms with Crippen LogP contribution < -0.4 is 14.4 Å². The van der Waals surface area contributed by atoms with Crippen LogP contribution in [-0.2, 0) is 4.74 Å². The van der Waals surface area contributed by atoms with E-state index in [0.717, 1.165) is 22.9 Å². The van der Waals surface area contributed by atoms with E-state index in [-0.39, 0.29) is 6.09 Å². The van der Waals surface area contributed by atoms with Gasteiger partial charge in [-0.25, -0.2) is 0 Å². The van der Waals surface area contributed by atoms with E-state index >= 15 is 0 Å². The molecule has 0 fully saturated rings. The van der Waals surface area contributed by atoms with E-state index in [2.05, 4.69) is 0 Å². The van der Waals surface area contributed by atoms with Crippen LogP contribution in [0.2, 0.25) is 0 Å². The second kappa shape index (κ2) is 6.76. The van der Waals surface area contributed by atoms with Crippen molar-refractivity contribution in [3.8, 4) is 11.5 Å². The summed E-state index contributed by atoms with van der Waals surface area (Å²) in [6, 6.07) is 14.5. The summed E-state index contributed by atoms with van der Waals surface area (Å²) in [5, 5.41) is 0.